The molecule has 2 unspecified atom stereocenters. The molecule has 2 aliphatic rings. The predicted octanol–water partition coefficient (Wildman–Crippen LogP) is 6.57. The highest BCUT2D eigenvalue weighted by molar-refractivity contribution is 5.74. The number of piperidine rings is 1. The molecule has 1 saturated heterocycles. The van der Waals surface area contributed by atoms with Gasteiger partial charge in [-0.05, 0) is 54.5 Å². The van der Waals surface area contributed by atoms with Crippen molar-refractivity contribution in [3.63, 3.8) is 0 Å². The summed E-state index contributed by atoms with van der Waals surface area (Å²) in [5.74, 6) is -0.580. The van der Waals surface area contributed by atoms with Crippen molar-refractivity contribution >= 4 is 11.7 Å². The van der Waals surface area contributed by atoms with E-state index in [1.54, 1.807) is 4.90 Å². The minimum absolute atomic E-state index is 0.0717. The third-order valence-corrected chi connectivity index (χ3v) is 5.85. The number of halogens is 5. The van der Waals surface area contributed by atoms with E-state index in [4.69, 9.17) is 4.74 Å². The fourth-order valence-electron chi connectivity index (χ4n) is 4.27. The molecular weight excluding hydrogens is 445 g/mol. The van der Waals surface area contributed by atoms with Crippen LogP contribution in [0.25, 0.3) is 5.57 Å². The Morgan fingerprint density at radius 2 is 1.67 bits per heavy atom. The van der Waals surface area contributed by atoms with Crippen LogP contribution in [-0.4, -0.2) is 35.4 Å². The van der Waals surface area contributed by atoms with Crippen LogP contribution >= 0.6 is 0 Å². The summed E-state index contributed by atoms with van der Waals surface area (Å²) >= 11 is 0. The van der Waals surface area contributed by atoms with Gasteiger partial charge in [-0.1, -0.05) is 48.5 Å². The number of fused-ring (bicyclic) bond motifs is 2. The second kappa shape index (κ2) is 9.03. The SMILES string of the molecule is O=C(OCc1ccccc1)N1C2C=C(c3ccc(OC(F)(F)C(F)(F)F)cc3)CC1CCC2. The van der Waals surface area contributed by atoms with Gasteiger partial charge in [-0.3, -0.25) is 4.90 Å². The van der Waals surface area contributed by atoms with Crippen LogP contribution in [0.5, 0.6) is 5.75 Å². The summed E-state index contributed by atoms with van der Waals surface area (Å²) in [5, 5.41) is 0. The lowest BCUT2D eigenvalue weighted by Crippen LogP contribution is -2.51. The number of amides is 1. The first kappa shape index (κ1) is 23.1. The maximum atomic E-state index is 13.1. The van der Waals surface area contributed by atoms with Crippen molar-refractivity contribution in [3.8, 4) is 5.75 Å². The fraction of sp³-hybridized carbons (Fsp3) is 0.375. The van der Waals surface area contributed by atoms with Crippen molar-refractivity contribution in [1.82, 2.24) is 4.90 Å². The van der Waals surface area contributed by atoms with Gasteiger partial charge in [-0.25, -0.2) is 4.79 Å². The Morgan fingerprint density at radius 1 is 0.970 bits per heavy atom. The molecule has 0 saturated carbocycles. The summed E-state index contributed by atoms with van der Waals surface area (Å²) in [6.45, 7) is 0.177. The molecule has 0 aromatic heterocycles. The van der Waals surface area contributed by atoms with Crippen molar-refractivity contribution in [1.29, 1.82) is 0 Å². The minimum atomic E-state index is -5.80. The van der Waals surface area contributed by atoms with Crippen LogP contribution in [0.15, 0.2) is 60.7 Å². The lowest BCUT2D eigenvalue weighted by molar-refractivity contribution is -0.360. The van der Waals surface area contributed by atoms with Gasteiger partial charge in [0.1, 0.15) is 12.4 Å². The largest absolute Gasteiger partial charge is 0.499 e. The smallest absolute Gasteiger partial charge is 0.445 e. The van der Waals surface area contributed by atoms with Crippen molar-refractivity contribution in [3.05, 3.63) is 71.8 Å². The standard InChI is InChI=1S/C24H22F5NO3/c25-23(26,27)24(28,29)33-21-11-9-17(10-12-21)18-13-19-7-4-8-20(14-18)30(19)22(31)32-15-16-5-2-1-3-6-16/h1-3,5-6,9-13,19-20H,4,7-8,14-15H2. The summed E-state index contributed by atoms with van der Waals surface area (Å²) in [6.07, 6.45) is -6.45. The third kappa shape index (κ3) is 5.12. The van der Waals surface area contributed by atoms with E-state index in [0.29, 0.717) is 12.0 Å². The zero-order valence-corrected chi connectivity index (χ0v) is 17.5. The molecule has 2 aromatic rings. The molecule has 2 aliphatic heterocycles. The third-order valence-electron chi connectivity index (χ3n) is 5.85. The highest BCUT2D eigenvalue weighted by Crippen LogP contribution is 2.40. The number of hydrogen-bond donors (Lipinski definition) is 0. The summed E-state index contributed by atoms with van der Waals surface area (Å²) in [5.41, 5.74) is 2.49. The topological polar surface area (TPSA) is 38.8 Å². The zero-order valence-electron chi connectivity index (χ0n) is 17.5. The molecule has 2 aromatic carbocycles. The Hall–Kier alpha value is -3.10. The normalized spacial score (nSPS) is 20.8. The van der Waals surface area contributed by atoms with Gasteiger partial charge in [0.2, 0.25) is 0 Å². The Morgan fingerprint density at radius 3 is 2.30 bits per heavy atom. The molecule has 0 spiro atoms. The summed E-state index contributed by atoms with van der Waals surface area (Å²) in [7, 11) is 0. The van der Waals surface area contributed by atoms with Crippen LogP contribution in [0.3, 0.4) is 0 Å². The van der Waals surface area contributed by atoms with Gasteiger partial charge >= 0.3 is 18.4 Å². The van der Waals surface area contributed by atoms with Gasteiger partial charge in [0, 0.05) is 6.04 Å². The van der Waals surface area contributed by atoms with Crippen LogP contribution < -0.4 is 4.74 Å². The Bertz CT molecular complexity index is 1010. The van der Waals surface area contributed by atoms with Crippen LogP contribution in [0.1, 0.15) is 36.8 Å². The van der Waals surface area contributed by atoms with Gasteiger partial charge in [-0.2, -0.15) is 22.0 Å². The lowest BCUT2D eigenvalue weighted by Gasteiger charge is -2.44. The number of rotatable bonds is 5. The summed E-state index contributed by atoms with van der Waals surface area (Å²) in [4.78, 5) is 14.5. The van der Waals surface area contributed by atoms with E-state index in [2.05, 4.69) is 4.74 Å². The highest BCUT2D eigenvalue weighted by atomic mass is 19.4. The number of nitrogens with zero attached hydrogens (tertiary/aromatic N) is 1. The molecule has 2 heterocycles. The number of carbonyl (C=O) groups is 1. The number of hydrogen-bond acceptors (Lipinski definition) is 3. The molecule has 1 fully saturated rings. The quantitative estimate of drug-likeness (QED) is 0.467. The van der Waals surface area contributed by atoms with E-state index in [0.717, 1.165) is 42.5 Å². The van der Waals surface area contributed by atoms with E-state index in [-0.39, 0.29) is 24.8 Å². The molecular formula is C24H22F5NO3. The molecule has 2 atom stereocenters. The first-order valence-corrected chi connectivity index (χ1v) is 10.6. The molecule has 2 bridgehead atoms. The van der Waals surface area contributed by atoms with Crippen LogP contribution in [0.4, 0.5) is 26.7 Å². The second-order valence-corrected chi connectivity index (χ2v) is 8.14. The molecule has 9 heteroatoms. The number of benzene rings is 2. The summed E-state index contributed by atoms with van der Waals surface area (Å²) in [6, 6.07) is 14.2. The molecule has 33 heavy (non-hydrogen) atoms. The van der Waals surface area contributed by atoms with Crippen LogP contribution in [-0.2, 0) is 11.3 Å². The average molecular weight is 467 g/mol. The van der Waals surface area contributed by atoms with E-state index >= 15 is 0 Å². The number of carbonyl (C=O) groups excluding carboxylic acids is 1. The fourth-order valence-corrected chi connectivity index (χ4v) is 4.27. The molecule has 4 rings (SSSR count). The van der Waals surface area contributed by atoms with Crippen LogP contribution in [0.2, 0.25) is 0 Å². The number of alkyl halides is 5. The summed E-state index contributed by atoms with van der Waals surface area (Å²) < 4.78 is 72.6. The number of ether oxygens (including phenoxy) is 2. The van der Waals surface area contributed by atoms with E-state index in [9.17, 15) is 26.7 Å². The van der Waals surface area contributed by atoms with Gasteiger partial charge in [0.05, 0.1) is 6.04 Å². The van der Waals surface area contributed by atoms with Gasteiger partial charge in [-0.15, -0.1) is 0 Å². The Balaban J connectivity index is 1.45. The van der Waals surface area contributed by atoms with Gasteiger partial charge < -0.3 is 9.47 Å². The van der Waals surface area contributed by atoms with Gasteiger partial charge in [0.25, 0.3) is 0 Å². The molecule has 0 radical (unpaired) electrons. The van der Waals surface area contributed by atoms with Crippen molar-refractivity contribution in [2.75, 3.05) is 0 Å². The van der Waals surface area contributed by atoms with Crippen molar-refractivity contribution < 1.29 is 36.2 Å². The van der Waals surface area contributed by atoms with Crippen LogP contribution in [0, 0.1) is 0 Å². The monoisotopic (exact) mass is 467 g/mol. The lowest BCUT2D eigenvalue weighted by atomic mass is 9.83. The Kier molecular flexibility index (Phi) is 6.32. The molecule has 176 valence electrons. The maximum absolute atomic E-state index is 13.1. The highest BCUT2D eigenvalue weighted by Gasteiger charge is 2.61. The maximum Gasteiger partial charge on any atom is 0.499 e. The molecule has 4 nitrogen and oxygen atoms in total. The van der Waals surface area contributed by atoms with Crippen molar-refractivity contribution in [2.45, 2.75) is 56.7 Å². The molecule has 1 amide bonds. The first-order valence-electron chi connectivity index (χ1n) is 10.6. The van der Waals surface area contributed by atoms with Gasteiger partial charge in [0.15, 0.2) is 0 Å². The second-order valence-electron chi connectivity index (χ2n) is 8.14. The first-order chi connectivity index (χ1) is 15.6. The van der Waals surface area contributed by atoms with E-state index < -0.39 is 18.0 Å². The van der Waals surface area contributed by atoms with E-state index in [1.807, 2.05) is 36.4 Å². The zero-order chi connectivity index (χ0) is 23.6. The molecule has 0 N–H and O–H groups in total. The average Bonchev–Trinajstić information content (AvgIpc) is 2.77. The molecule has 0 aliphatic carbocycles. The minimum Gasteiger partial charge on any atom is -0.445 e. The predicted molar refractivity (Wildman–Crippen MR) is 111 cm³/mol. The Labute approximate surface area is 187 Å². The van der Waals surface area contributed by atoms with E-state index in [1.165, 1.54) is 12.1 Å². The van der Waals surface area contributed by atoms with Crippen molar-refractivity contribution in [2.24, 2.45) is 0 Å².